The van der Waals surface area contributed by atoms with Crippen LogP contribution in [0.4, 0.5) is 8.78 Å². The Labute approximate surface area is 182 Å². The van der Waals surface area contributed by atoms with Crippen molar-refractivity contribution in [1.29, 1.82) is 5.26 Å². The van der Waals surface area contributed by atoms with Crippen LogP contribution in [0.5, 0.6) is 11.5 Å². The number of benzene rings is 3. The molecule has 0 aromatic heterocycles. The third-order valence-electron chi connectivity index (χ3n) is 4.90. The average Bonchev–Trinajstić information content (AvgIpc) is 2.79. The van der Waals surface area contributed by atoms with Gasteiger partial charge in [-0.1, -0.05) is 42.5 Å². The summed E-state index contributed by atoms with van der Waals surface area (Å²) in [6, 6.07) is 19.2. The Hall–Kier alpha value is -4.44. The number of carbonyl (C=O) groups excluding carboxylic acids is 1. The van der Waals surface area contributed by atoms with Crippen molar-refractivity contribution in [3.8, 4) is 17.6 Å². The van der Waals surface area contributed by atoms with E-state index in [0.717, 1.165) is 17.7 Å². The smallest absolute Gasteiger partial charge is 0.336 e. The molecular formula is C25H16F2N2O3. The number of nitrogens with zero attached hydrogens (tertiary/aromatic N) is 1. The van der Waals surface area contributed by atoms with Gasteiger partial charge in [-0.15, -0.1) is 0 Å². The lowest BCUT2D eigenvalue weighted by Gasteiger charge is -2.26. The van der Waals surface area contributed by atoms with Gasteiger partial charge in [0.25, 0.3) is 0 Å². The van der Waals surface area contributed by atoms with Crippen LogP contribution in [0.2, 0.25) is 0 Å². The molecule has 32 heavy (non-hydrogen) atoms. The molecule has 1 aliphatic rings. The molecule has 1 heterocycles. The summed E-state index contributed by atoms with van der Waals surface area (Å²) in [5.41, 5.74) is 7.66. The zero-order valence-electron chi connectivity index (χ0n) is 16.6. The number of esters is 1. The van der Waals surface area contributed by atoms with Gasteiger partial charge in [0.1, 0.15) is 23.1 Å². The third-order valence-corrected chi connectivity index (χ3v) is 4.90. The highest BCUT2D eigenvalue weighted by Crippen LogP contribution is 2.43. The van der Waals surface area contributed by atoms with Gasteiger partial charge in [-0.25, -0.2) is 13.6 Å². The fraction of sp³-hybridized carbons (Fsp3) is 0.0400. The zero-order valence-corrected chi connectivity index (χ0v) is 16.6. The van der Waals surface area contributed by atoms with Crippen molar-refractivity contribution < 1.29 is 23.0 Å². The molecule has 0 saturated carbocycles. The van der Waals surface area contributed by atoms with Crippen molar-refractivity contribution in [3.05, 3.63) is 113 Å². The van der Waals surface area contributed by atoms with Gasteiger partial charge in [0.2, 0.25) is 5.88 Å². The molecule has 0 spiro atoms. The minimum absolute atomic E-state index is 0.0686. The molecule has 1 aliphatic heterocycles. The number of nitriles is 1. The maximum Gasteiger partial charge on any atom is 0.336 e. The average molecular weight is 430 g/mol. The first-order chi connectivity index (χ1) is 15.5. The van der Waals surface area contributed by atoms with Crippen molar-refractivity contribution in [2.45, 2.75) is 5.92 Å². The highest BCUT2D eigenvalue weighted by molar-refractivity contribution is 5.88. The molecule has 2 N–H and O–H groups in total. The third kappa shape index (κ3) is 4.20. The molecule has 0 aliphatic carbocycles. The number of nitrogens with two attached hydrogens (primary N) is 1. The lowest BCUT2D eigenvalue weighted by molar-refractivity contribution is -0.128. The molecule has 3 aromatic rings. The van der Waals surface area contributed by atoms with E-state index in [2.05, 4.69) is 0 Å². The van der Waals surface area contributed by atoms with E-state index in [0.29, 0.717) is 11.1 Å². The monoisotopic (exact) mass is 430 g/mol. The maximum atomic E-state index is 13.8. The molecule has 5 nitrogen and oxygen atoms in total. The van der Waals surface area contributed by atoms with Crippen LogP contribution in [0.25, 0.3) is 6.08 Å². The van der Waals surface area contributed by atoms with E-state index in [1.807, 2.05) is 36.4 Å². The van der Waals surface area contributed by atoms with Gasteiger partial charge >= 0.3 is 5.97 Å². The second-order valence-corrected chi connectivity index (χ2v) is 6.96. The number of allylic oxidation sites excluding steroid dienone is 1. The predicted molar refractivity (Wildman–Crippen MR) is 113 cm³/mol. The Morgan fingerprint density at radius 2 is 1.84 bits per heavy atom. The van der Waals surface area contributed by atoms with E-state index in [1.54, 1.807) is 12.1 Å². The lowest BCUT2D eigenvalue weighted by atomic mass is 9.83. The van der Waals surface area contributed by atoms with Gasteiger partial charge in [-0.05, 0) is 35.4 Å². The van der Waals surface area contributed by atoms with E-state index in [-0.39, 0.29) is 23.0 Å². The van der Waals surface area contributed by atoms with Crippen molar-refractivity contribution >= 4 is 12.0 Å². The molecule has 4 rings (SSSR count). The molecule has 0 fully saturated rings. The Morgan fingerprint density at radius 3 is 2.56 bits per heavy atom. The van der Waals surface area contributed by atoms with Crippen LogP contribution in [-0.4, -0.2) is 5.97 Å². The van der Waals surface area contributed by atoms with Crippen LogP contribution >= 0.6 is 0 Å². The molecule has 0 saturated heterocycles. The Kier molecular flexibility index (Phi) is 5.69. The highest BCUT2D eigenvalue weighted by atomic mass is 19.2. The minimum atomic E-state index is -1.04. The van der Waals surface area contributed by atoms with Gasteiger partial charge in [-0.3, -0.25) is 0 Å². The second-order valence-electron chi connectivity index (χ2n) is 6.96. The first-order valence-electron chi connectivity index (χ1n) is 9.57. The predicted octanol–water partition coefficient (Wildman–Crippen LogP) is 4.80. The maximum absolute atomic E-state index is 13.8. The minimum Gasteiger partial charge on any atom is -0.440 e. The molecule has 158 valence electrons. The van der Waals surface area contributed by atoms with Gasteiger partial charge < -0.3 is 15.2 Å². The fourth-order valence-corrected chi connectivity index (χ4v) is 3.41. The molecule has 0 bridgehead atoms. The van der Waals surface area contributed by atoms with Crippen LogP contribution in [0.1, 0.15) is 22.6 Å². The quantitative estimate of drug-likeness (QED) is 0.365. The van der Waals surface area contributed by atoms with Gasteiger partial charge in [-0.2, -0.15) is 5.26 Å². The number of ether oxygens (including phenoxy) is 2. The van der Waals surface area contributed by atoms with E-state index in [1.165, 1.54) is 24.3 Å². The fourth-order valence-electron chi connectivity index (χ4n) is 3.41. The van der Waals surface area contributed by atoms with Gasteiger partial charge in [0.15, 0.2) is 11.6 Å². The summed E-state index contributed by atoms with van der Waals surface area (Å²) in [5.74, 6) is -3.12. The number of fused-ring (bicyclic) bond motifs is 1. The van der Waals surface area contributed by atoms with Crippen LogP contribution in [0, 0.1) is 23.0 Å². The summed E-state index contributed by atoms with van der Waals surface area (Å²) in [5, 5.41) is 9.56. The number of carbonyl (C=O) groups is 1. The van der Waals surface area contributed by atoms with Gasteiger partial charge in [0, 0.05) is 17.7 Å². The molecule has 1 unspecified atom stereocenters. The van der Waals surface area contributed by atoms with Crippen molar-refractivity contribution in [3.63, 3.8) is 0 Å². The Bertz CT molecular complexity index is 1290. The summed E-state index contributed by atoms with van der Waals surface area (Å²) >= 11 is 0. The Balaban J connectivity index is 1.63. The molecule has 0 amide bonds. The van der Waals surface area contributed by atoms with E-state index in [4.69, 9.17) is 15.2 Å². The van der Waals surface area contributed by atoms with Crippen LogP contribution in [0.3, 0.4) is 0 Å². The highest BCUT2D eigenvalue weighted by Gasteiger charge is 2.31. The normalized spacial score (nSPS) is 15.1. The summed E-state index contributed by atoms with van der Waals surface area (Å²) in [6.07, 6.45) is 2.91. The first kappa shape index (κ1) is 20.8. The number of hydrogen-bond donors (Lipinski definition) is 1. The van der Waals surface area contributed by atoms with E-state index in [9.17, 15) is 18.8 Å². The topological polar surface area (TPSA) is 85.3 Å². The molecule has 3 aromatic carbocycles. The van der Waals surface area contributed by atoms with Crippen LogP contribution in [0.15, 0.2) is 84.3 Å². The lowest BCUT2D eigenvalue weighted by Crippen LogP contribution is -2.21. The first-order valence-corrected chi connectivity index (χ1v) is 9.57. The summed E-state index contributed by atoms with van der Waals surface area (Å²) < 4.78 is 38.1. The summed E-state index contributed by atoms with van der Waals surface area (Å²) in [4.78, 5) is 12.2. The second kappa shape index (κ2) is 8.74. The van der Waals surface area contributed by atoms with Crippen molar-refractivity contribution in [2.75, 3.05) is 0 Å². The van der Waals surface area contributed by atoms with Crippen LogP contribution < -0.4 is 15.2 Å². The largest absolute Gasteiger partial charge is 0.440 e. The van der Waals surface area contributed by atoms with E-state index >= 15 is 0 Å². The molecule has 0 radical (unpaired) electrons. The molecular weight excluding hydrogens is 414 g/mol. The standard InChI is InChI=1S/C25H16F2N2O3/c26-20-10-7-16(12-21(20)27)24-18-9-8-17(13-22(18)32-25(29)19(24)14-28)31-23(30)11-6-15-4-2-1-3-5-15/h1-13,24H,29H2. The zero-order chi connectivity index (χ0) is 22.7. The van der Waals surface area contributed by atoms with Gasteiger partial charge in [0.05, 0.1) is 5.92 Å². The number of hydrogen-bond acceptors (Lipinski definition) is 5. The summed E-state index contributed by atoms with van der Waals surface area (Å²) in [6.45, 7) is 0. The molecule has 7 heteroatoms. The van der Waals surface area contributed by atoms with Crippen molar-refractivity contribution in [1.82, 2.24) is 0 Å². The number of rotatable bonds is 4. The van der Waals surface area contributed by atoms with Crippen LogP contribution in [-0.2, 0) is 4.79 Å². The van der Waals surface area contributed by atoms with Crippen molar-refractivity contribution in [2.24, 2.45) is 5.73 Å². The Morgan fingerprint density at radius 1 is 1.06 bits per heavy atom. The SMILES string of the molecule is N#CC1=C(N)Oc2cc(OC(=O)C=Cc3ccccc3)ccc2C1c1ccc(F)c(F)c1. The summed E-state index contributed by atoms with van der Waals surface area (Å²) in [7, 11) is 0. The van der Waals surface area contributed by atoms with E-state index < -0.39 is 23.5 Å². The number of halogens is 2. The molecule has 1 atom stereocenters.